The Balaban J connectivity index is 1.65. The third-order valence-electron chi connectivity index (χ3n) is 13.4. The fourth-order valence-electron chi connectivity index (χ4n) is 11.8. The van der Waals surface area contributed by atoms with Crippen molar-refractivity contribution in [2.45, 2.75) is 120 Å². The highest BCUT2D eigenvalue weighted by molar-refractivity contribution is 5.76. The molecule has 6 aliphatic rings. The van der Waals surface area contributed by atoms with Crippen LogP contribution in [0.25, 0.3) is 0 Å². The Bertz CT molecular complexity index is 1760. The summed E-state index contributed by atoms with van der Waals surface area (Å²) in [7, 11) is 0. The normalized spacial score (nSPS) is 48.2. The van der Waals surface area contributed by atoms with E-state index >= 15 is 0 Å². The maximum Gasteiger partial charge on any atom is 0.306 e. The molecule has 14 atom stereocenters. The van der Waals surface area contributed by atoms with Crippen molar-refractivity contribution in [2.75, 3.05) is 6.61 Å². The molecule has 4 N–H and O–H groups in total. The Hall–Kier alpha value is -4.06. The van der Waals surface area contributed by atoms with Gasteiger partial charge in [0.15, 0.2) is 23.9 Å². The van der Waals surface area contributed by atoms with E-state index in [0.717, 1.165) is 20.8 Å². The number of carbonyl (C=O) groups is 6. The second-order valence-electron chi connectivity index (χ2n) is 15.7. The molecule has 2 aliphatic heterocycles. The van der Waals surface area contributed by atoms with Gasteiger partial charge in [0.1, 0.15) is 35.6 Å². The SMILES string of the molecule is CCC(=O)O[C@@H]1[C@@]2(O)[C@@H](OC(C)=O)[C@@]3(C)C[C@@]2(O)[C@]2(COC(=O)C[C@@H]32)[C@@]2(O)[C@H](OC(C)=O)[C@H](OC(C)=O)[C@]3(C)[C@@H](CC(=O)O[C@H]3c3ccoc3)[C@@]12O. The average Bonchev–Trinajstić information content (AvgIpc) is 3.71. The van der Waals surface area contributed by atoms with Crippen LogP contribution in [0.4, 0.5) is 0 Å². The predicted octanol–water partition coefficient (Wildman–Crippen LogP) is -0.0683. The lowest BCUT2D eigenvalue weighted by Crippen LogP contribution is -2.99. The first-order valence-corrected chi connectivity index (χ1v) is 17.1. The van der Waals surface area contributed by atoms with Gasteiger partial charge in [-0.3, -0.25) is 28.8 Å². The van der Waals surface area contributed by atoms with Crippen LogP contribution in [0.15, 0.2) is 23.0 Å². The van der Waals surface area contributed by atoms with Crippen LogP contribution in [0.5, 0.6) is 0 Å². The maximum absolute atomic E-state index is 13.9. The minimum Gasteiger partial charge on any atom is -0.472 e. The average molecular weight is 735 g/mol. The number of carbonyl (C=O) groups excluding carboxylic acids is 6. The van der Waals surface area contributed by atoms with Gasteiger partial charge in [-0.15, -0.1) is 0 Å². The minimum atomic E-state index is -3.18. The topological polar surface area (TPSA) is 252 Å². The van der Waals surface area contributed by atoms with Crippen molar-refractivity contribution < 1.29 is 82.0 Å². The van der Waals surface area contributed by atoms with Crippen LogP contribution in [-0.2, 0) is 57.2 Å². The van der Waals surface area contributed by atoms with E-state index in [-0.39, 0.29) is 12.0 Å². The first-order chi connectivity index (χ1) is 24.2. The van der Waals surface area contributed by atoms with Gasteiger partial charge in [-0.1, -0.05) is 20.8 Å². The molecule has 4 aliphatic carbocycles. The third-order valence-corrected chi connectivity index (χ3v) is 13.4. The van der Waals surface area contributed by atoms with E-state index in [2.05, 4.69) is 0 Å². The Kier molecular flexibility index (Phi) is 7.67. The molecule has 1 aromatic heterocycles. The van der Waals surface area contributed by atoms with E-state index in [9.17, 15) is 49.2 Å². The molecule has 0 radical (unpaired) electrons. The summed E-state index contributed by atoms with van der Waals surface area (Å²) in [6.45, 7) is 6.50. The van der Waals surface area contributed by atoms with Gasteiger partial charge in [0.05, 0.1) is 29.8 Å². The van der Waals surface area contributed by atoms with Gasteiger partial charge in [-0.2, -0.15) is 0 Å². The summed E-state index contributed by atoms with van der Waals surface area (Å²) in [5, 5.41) is 54.4. The molecule has 17 heteroatoms. The molecule has 7 rings (SSSR count). The number of ether oxygens (including phenoxy) is 6. The van der Waals surface area contributed by atoms with Crippen molar-refractivity contribution in [3.8, 4) is 0 Å². The fourth-order valence-corrected chi connectivity index (χ4v) is 11.8. The summed E-state index contributed by atoms with van der Waals surface area (Å²) in [5.41, 5.74) is -17.9. The van der Waals surface area contributed by atoms with E-state index in [1.165, 1.54) is 39.4 Å². The zero-order valence-electron chi connectivity index (χ0n) is 29.4. The summed E-state index contributed by atoms with van der Waals surface area (Å²) in [6.07, 6.45) is -9.43. The second kappa shape index (κ2) is 11.0. The lowest BCUT2D eigenvalue weighted by molar-refractivity contribution is -0.471. The van der Waals surface area contributed by atoms with Crippen LogP contribution in [0.1, 0.15) is 78.9 Å². The highest BCUT2D eigenvalue weighted by Gasteiger charge is 3.01. The minimum absolute atomic E-state index is 0.193. The second-order valence-corrected chi connectivity index (χ2v) is 15.7. The molecule has 52 heavy (non-hydrogen) atoms. The van der Waals surface area contributed by atoms with Gasteiger partial charge >= 0.3 is 35.8 Å². The smallest absolute Gasteiger partial charge is 0.306 e. The molecule has 17 nitrogen and oxygen atoms in total. The lowest BCUT2D eigenvalue weighted by Gasteiger charge is -2.78. The summed E-state index contributed by atoms with van der Waals surface area (Å²) >= 11 is 0. The number of fused-ring (bicyclic) bond motifs is 5. The molecule has 1 aromatic rings. The number of rotatable bonds is 6. The summed E-state index contributed by atoms with van der Waals surface area (Å²) in [4.78, 5) is 79.2. The molecule has 2 saturated heterocycles. The molecule has 3 heterocycles. The number of hydrogen-bond acceptors (Lipinski definition) is 17. The van der Waals surface area contributed by atoms with Gasteiger partial charge < -0.3 is 53.3 Å². The highest BCUT2D eigenvalue weighted by Crippen LogP contribution is 2.84. The van der Waals surface area contributed by atoms with Crippen molar-refractivity contribution in [3.05, 3.63) is 24.2 Å². The van der Waals surface area contributed by atoms with Gasteiger partial charge in [-0.25, -0.2) is 0 Å². The zero-order chi connectivity index (χ0) is 38.2. The maximum atomic E-state index is 13.9. The molecule has 0 unspecified atom stereocenters. The number of furan rings is 1. The number of aliphatic hydroxyl groups is 4. The Morgan fingerprint density at radius 3 is 2.02 bits per heavy atom. The first kappa shape index (κ1) is 36.3. The van der Waals surface area contributed by atoms with Crippen LogP contribution in [-0.4, -0.2) is 110 Å². The predicted molar refractivity (Wildman–Crippen MR) is 165 cm³/mol. The Morgan fingerprint density at radius 1 is 0.827 bits per heavy atom. The standard InChI is InChI=1S/C35H42O17/c1-7-21(39)52-28-33(43)20-11-23(41)51-24(18-8-9-46-12-18)30(20,6)25(48-15(2)36)26(49-16(3)37)35(33,45)31-14-47-22(40)10-19(31)29(5)13-32(31,42)34(28,44)27(29)50-17(4)38/h8-9,12,19-20,24-28,42-45H,7,10-11,13-14H2,1-6H3/t19-,20+,24-,25-,26+,27-,28-,29-,30+,31+,32+,33+,34-,35-/m0/s1. The van der Waals surface area contributed by atoms with Crippen molar-refractivity contribution in [1.82, 2.24) is 0 Å². The van der Waals surface area contributed by atoms with E-state index < -0.39 is 143 Å². The van der Waals surface area contributed by atoms with Crippen molar-refractivity contribution in [3.63, 3.8) is 0 Å². The quantitative estimate of drug-likeness (QED) is 0.220. The molecule has 0 amide bonds. The lowest BCUT2D eigenvalue weighted by atomic mass is 9.32. The van der Waals surface area contributed by atoms with Crippen LogP contribution < -0.4 is 0 Å². The van der Waals surface area contributed by atoms with Crippen molar-refractivity contribution >= 4 is 35.8 Å². The van der Waals surface area contributed by atoms with Gasteiger partial charge in [0.2, 0.25) is 0 Å². The molecule has 2 bridgehead atoms. The molecule has 1 spiro atoms. The van der Waals surface area contributed by atoms with Gasteiger partial charge in [-0.05, 0) is 18.4 Å². The van der Waals surface area contributed by atoms with Gasteiger partial charge in [0.25, 0.3) is 0 Å². The largest absolute Gasteiger partial charge is 0.472 e. The van der Waals surface area contributed by atoms with E-state index in [1.54, 1.807) is 0 Å². The molecular weight excluding hydrogens is 692 g/mol. The summed E-state index contributed by atoms with van der Waals surface area (Å²) in [6, 6.07) is 1.43. The highest BCUT2D eigenvalue weighted by atomic mass is 16.6. The summed E-state index contributed by atoms with van der Waals surface area (Å²) in [5.74, 6) is -8.79. The Morgan fingerprint density at radius 2 is 1.44 bits per heavy atom. The molecule has 0 aromatic carbocycles. The number of cyclic esters (lactones) is 2. The van der Waals surface area contributed by atoms with Crippen molar-refractivity contribution in [2.24, 2.45) is 28.1 Å². The van der Waals surface area contributed by atoms with Crippen LogP contribution in [0.2, 0.25) is 0 Å². The number of esters is 6. The zero-order valence-corrected chi connectivity index (χ0v) is 29.4. The van der Waals surface area contributed by atoms with Crippen molar-refractivity contribution in [1.29, 1.82) is 0 Å². The van der Waals surface area contributed by atoms with Gasteiger partial charge in [0, 0.05) is 50.5 Å². The van der Waals surface area contributed by atoms with Crippen LogP contribution in [0.3, 0.4) is 0 Å². The Labute approximate surface area is 296 Å². The molecule has 6 fully saturated rings. The third kappa shape index (κ3) is 3.86. The molecule has 4 saturated carbocycles. The monoisotopic (exact) mass is 734 g/mol. The fraction of sp³-hybridized carbons (Fsp3) is 0.714. The van der Waals surface area contributed by atoms with Crippen LogP contribution in [0, 0.1) is 28.1 Å². The summed E-state index contributed by atoms with van der Waals surface area (Å²) < 4.78 is 40.3. The van der Waals surface area contributed by atoms with E-state index in [1.807, 2.05) is 0 Å². The van der Waals surface area contributed by atoms with E-state index in [0.29, 0.717) is 0 Å². The number of hydrogen-bond donors (Lipinski definition) is 4. The molecular formula is C35H42O17. The van der Waals surface area contributed by atoms with E-state index in [4.69, 9.17) is 32.8 Å². The molecule has 284 valence electrons. The first-order valence-electron chi connectivity index (χ1n) is 17.1. The van der Waals surface area contributed by atoms with Crippen LogP contribution >= 0.6 is 0 Å².